The zero-order valence-corrected chi connectivity index (χ0v) is 11.2. The van der Waals surface area contributed by atoms with Gasteiger partial charge in [-0.2, -0.15) is 5.10 Å². The van der Waals surface area contributed by atoms with E-state index in [0.717, 1.165) is 29.4 Å². The smallest absolute Gasteiger partial charge is 0.162 e. The van der Waals surface area contributed by atoms with Crippen molar-refractivity contribution in [1.82, 2.24) is 9.78 Å². The minimum atomic E-state index is 0.196. The number of carbonyl (C=O) groups is 1. The Hall–Kier alpha value is -2.42. The maximum Gasteiger partial charge on any atom is 0.162 e. The molecule has 0 saturated heterocycles. The number of nitrogens with zero attached hydrogens (tertiary/aromatic N) is 2. The number of benzene rings is 2. The van der Waals surface area contributed by atoms with Gasteiger partial charge in [0.25, 0.3) is 0 Å². The van der Waals surface area contributed by atoms with Crippen LogP contribution in [-0.4, -0.2) is 15.6 Å². The summed E-state index contributed by atoms with van der Waals surface area (Å²) in [6.07, 6.45) is 3.23. The van der Waals surface area contributed by atoms with Gasteiger partial charge in [0.1, 0.15) is 0 Å². The molecule has 100 valence electrons. The number of fused-ring (bicyclic) bond motifs is 1. The molecule has 0 atom stereocenters. The van der Waals surface area contributed by atoms with Crippen LogP contribution >= 0.6 is 0 Å². The number of aryl methyl sites for hydroxylation is 1. The predicted molar refractivity (Wildman–Crippen MR) is 79.7 cm³/mol. The van der Waals surface area contributed by atoms with Crippen LogP contribution < -0.4 is 0 Å². The van der Waals surface area contributed by atoms with Gasteiger partial charge >= 0.3 is 0 Å². The molecule has 0 saturated carbocycles. The normalized spacial score (nSPS) is 10.8. The molecule has 0 aliphatic carbocycles. The van der Waals surface area contributed by atoms with E-state index in [-0.39, 0.29) is 5.78 Å². The van der Waals surface area contributed by atoms with Crippen molar-refractivity contribution in [2.45, 2.75) is 19.4 Å². The summed E-state index contributed by atoms with van der Waals surface area (Å²) in [5.74, 6) is 0.196. The third kappa shape index (κ3) is 2.62. The van der Waals surface area contributed by atoms with Crippen molar-refractivity contribution in [3.8, 4) is 0 Å². The zero-order valence-electron chi connectivity index (χ0n) is 11.2. The van der Waals surface area contributed by atoms with Gasteiger partial charge < -0.3 is 0 Å². The first-order valence-electron chi connectivity index (χ1n) is 6.83. The lowest BCUT2D eigenvalue weighted by Gasteiger charge is -2.03. The van der Waals surface area contributed by atoms with Gasteiger partial charge in [0.2, 0.25) is 0 Å². The molecule has 0 N–H and O–H groups in total. The van der Waals surface area contributed by atoms with Crippen LogP contribution in [0.3, 0.4) is 0 Å². The molecule has 0 fully saturated rings. The van der Waals surface area contributed by atoms with E-state index >= 15 is 0 Å². The molecule has 3 rings (SSSR count). The lowest BCUT2D eigenvalue weighted by Crippen LogP contribution is -2.04. The molecular weight excluding hydrogens is 248 g/mol. The van der Waals surface area contributed by atoms with Crippen LogP contribution in [0, 0.1) is 0 Å². The molecular formula is C17H16N2O. The Bertz CT molecular complexity index is 716. The molecule has 0 aliphatic heterocycles. The highest BCUT2D eigenvalue weighted by Gasteiger charge is 2.06. The lowest BCUT2D eigenvalue weighted by molar-refractivity contribution is 0.0978. The van der Waals surface area contributed by atoms with E-state index in [0.29, 0.717) is 6.42 Å². The molecule has 20 heavy (non-hydrogen) atoms. The summed E-state index contributed by atoms with van der Waals surface area (Å²) in [6.45, 7) is 0.770. The van der Waals surface area contributed by atoms with Crippen LogP contribution in [0.15, 0.2) is 60.8 Å². The van der Waals surface area contributed by atoms with Crippen molar-refractivity contribution in [1.29, 1.82) is 0 Å². The summed E-state index contributed by atoms with van der Waals surface area (Å²) in [5, 5.41) is 5.51. The molecule has 0 bridgehead atoms. The first kappa shape index (κ1) is 12.6. The number of carbonyl (C=O) groups excluding carboxylic acids is 1. The molecule has 1 heterocycles. The topological polar surface area (TPSA) is 34.9 Å². The molecule has 0 unspecified atom stereocenters. The van der Waals surface area contributed by atoms with Crippen molar-refractivity contribution in [2.75, 3.05) is 0 Å². The summed E-state index contributed by atoms with van der Waals surface area (Å²) < 4.78 is 1.97. The van der Waals surface area contributed by atoms with E-state index < -0.39 is 0 Å². The molecule has 1 aromatic heterocycles. The second-order valence-electron chi connectivity index (χ2n) is 4.82. The lowest BCUT2D eigenvalue weighted by atomic mass is 10.1. The standard InChI is InChI=1S/C17H16N2O/c20-17(14-7-2-1-3-8-14)11-6-12-19-16-10-5-4-9-15(16)13-18-19/h1-5,7-10,13H,6,11-12H2. The van der Waals surface area contributed by atoms with Crippen molar-refractivity contribution >= 4 is 16.7 Å². The van der Waals surface area contributed by atoms with Gasteiger partial charge in [-0.05, 0) is 12.5 Å². The average Bonchev–Trinajstić information content (AvgIpc) is 2.92. The van der Waals surface area contributed by atoms with Gasteiger partial charge in [-0.1, -0.05) is 48.5 Å². The fraction of sp³-hybridized carbons (Fsp3) is 0.176. The second kappa shape index (κ2) is 5.70. The number of Topliss-reactive ketones (excluding diaryl/α,β-unsaturated/α-hetero) is 1. The van der Waals surface area contributed by atoms with Crippen molar-refractivity contribution in [3.63, 3.8) is 0 Å². The quantitative estimate of drug-likeness (QED) is 0.659. The first-order valence-corrected chi connectivity index (χ1v) is 6.83. The Kier molecular flexibility index (Phi) is 3.59. The van der Waals surface area contributed by atoms with E-state index in [9.17, 15) is 4.79 Å². The van der Waals surface area contributed by atoms with E-state index in [1.807, 2.05) is 59.4 Å². The highest BCUT2D eigenvalue weighted by molar-refractivity contribution is 5.95. The van der Waals surface area contributed by atoms with E-state index in [4.69, 9.17) is 0 Å². The van der Waals surface area contributed by atoms with Gasteiger partial charge in [0.05, 0.1) is 11.7 Å². The maximum absolute atomic E-state index is 12.0. The third-order valence-corrected chi connectivity index (χ3v) is 3.42. The molecule has 3 heteroatoms. The summed E-state index contributed by atoms with van der Waals surface area (Å²) in [5.41, 5.74) is 1.91. The number of ketones is 1. The fourth-order valence-corrected chi connectivity index (χ4v) is 2.36. The molecule has 3 aromatic rings. The van der Waals surface area contributed by atoms with Crippen molar-refractivity contribution in [2.24, 2.45) is 0 Å². The number of rotatable bonds is 5. The summed E-state index contributed by atoms with van der Waals surface area (Å²) in [6, 6.07) is 17.6. The third-order valence-electron chi connectivity index (χ3n) is 3.42. The van der Waals surface area contributed by atoms with Crippen molar-refractivity contribution in [3.05, 3.63) is 66.4 Å². The second-order valence-corrected chi connectivity index (χ2v) is 4.82. The number of hydrogen-bond acceptors (Lipinski definition) is 2. The van der Waals surface area contributed by atoms with Gasteiger partial charge in [0, 0.05) is 23.9 Å². The van der Waals surface area contributed by atoms with Crippen LogP contribution in [0.5, 0.6) is 0 Å². The van der Waals surface area contributed by atoms with Crippen LogP contribution in [0.25, 0.3) is 10.9 Å². The maximum atomic E-state index is 12.0. The van der Waals surface area contributed by atoms with E-state index in [2.05, 4.69) is 11.2 Å². The number of hydrogen-bond donors (Lipinski definition) is 0. The number of aromatic nitrogens is 2. The van der Waals surface area contributed by atoms with Gasteiger partial charge in [-0.25, -0.2) is 0 Å². The number of para-hydroxylation sites is 1. The van der Waals surface area contributed by atoms with Crippen LogP contribution in [0.4, 0.5) is 0 Å². The Balaban J connectivity index is 1.62. The van der Waals surface area contributed by atoms with Crippen LogP contribution in [0.1, 0.15) is 23.2 Å². The molecule has 0 aliphatic rings. The Labute approximate surface area is 117 Å². The van der Waals surface area contributed by atoms with E-state index in [1.165, 1.54) is 0 Å². The van der Waals surface area contributed by atoms with Gasteiger partial charge in [-0.3, -0.25) is 9.48 Å². The van der Waals surface area contributed by atoms with Gasteiger partial charge in [-0.15, -0.1) is 0 Å². The van der Waals surface area contributed by atoms with Crippen LogP contribution in [-0.2, 0) is 6.54 Å². The minimum Gasteiger partial charge on any atom is -0.294 e. The molecule has 0 amide bonds. The molecule has 2 aromatic carbocycles. The monoisotopic (exact) mass is 264 g/mol. The van der Waals surface area contributed by atoms with E-state index in [1.54, 1.807) is 0 Å². The average molecular weight is 264 g/mol. The Morgan fingerprint density at radius 2 is 1.75 bits per heavy atom. The van der Waals surface area contributed by atoms with Crippen LogP contribution in [0.2, 0.25) is 0 Å². The largest absolute Gasteiger partial charge is 0.294 e. The first-order chi connectivity index (χ1) is 9.84. The highest BCUT2D eigenvalue weighted by Crippen LogP contribution is 2.14. The Morgan fingerprint density at radius 1 is 1.00 bits per heavy atom. The van der Waals surface area contributed by atoms with Crippen molar-refractivity contribution < 1.29 is 4.79 Å². The summed E-state index contributed by atoms with van der Waals surface area (Å²) >= 11 is 0. The Morgan fingerprint density at radius 3 is 2.60 bits per heavy atom. The fourth-order valence-electron chi connectivity index (χ4n) is 2.36. The summed E-state index contributed by atoms with van der Waals surface area (Å²) in [4.78, 5) is 12.0. The van der Waals surface area contributed by atoms with Gasteiger partial charge in [0.15, 0.2) is 5.78 Å². The molecule has 0 spiro atoms. The zero-order chi connectivity index (χ0) is 13.8. The highest BCUT2D eigenvalue weighted by atomic mass is 16.1. The summed E-state index contributed by atoms with van der Waals surface area (Å²) in [7, 11) is 0. The predicted octanol–water partition coefficient (Wildman–Crippen LogP) is 3.70. The molecule has 0 radical (unpaired) electrons. The molecule has 3 nitrogen and oxygen atoms in total. The SMILES string of the molecule is O=C(CCCn1ncc2ccccc21)c1ccccc1. The minimum absolute atomic E-state index is 0.196.